The summed E-state index contributed by atoms with van der Waals surface area (Å²) in [6, 6.07) is 5.82. The van der Waals surface area contributed by atoms with E-state index in [0.29, 0.717) is 0 Å². The molecule has 1 aromatic heterocycles. The Morgan fingerprint density at radius 2 is 2.33 bits per heavy atom. The molecular weight excluding hydrogens is 180 g/mol. The van der Waals surface area contributed by atoms with Crippen molar-refractivity contribution in [2.24, 2.45) is 0 Å². The lowest BCUT2D eigenvalue weighted by Gasteiger charge is -1.89. The lowest BCUT2D eigenvalue weighted by atomic mass is 10.4. The summed E-state index contributed by atoms with van der Waals surface area (Å²) in [6.45, 7) is 0. The molecule has 1 heterocycles. The predicted molar refractivity (Wildman–Crippen MR) is 39.4 cm³/mol. The van der Waals surface area contributed by atoms with Crippen molar-refractivity contribution in [3.8, 4) is 0 Å². The minimum absolute atomic E-state index is 0.796. The van der Waals surface area contributed by atoms with Gasteiger partial charge in [-0.2, -0.15) is 0 Å². The smallest absolute Gasteiger partial charge is 0.205 e. The molecule has 48 valence electrons. The molecule has 0 saturated carbocycles. The van der Waals surface area contributed by atoms with Crippen molar-refractivity contribution in [1.29, 1.82) is 0 Å². The first-order chi connectivity index (χ1) is 4.34. The van der Waals surface area contributed by atoms with Crippen LogP contribution in [0.5, 0.6) is 0 Å². The zero-order valence-electron chi connectivity index (χ0n) is 4.92. The second-order valence-corrected chi connectivity index (χ2v) is 2.29. The van der Waals surface area contributed by atoms with Crippen LogP contribution in [0.25, 0.3) is 0 Å². The summed E-state index contributed by atoms with van der Waals surface area (Å²) in [5.74, 6) is 5.52. The normalized spacial score (nSPS) is 9.44. The van der Waals surface area contributed by atoms with Crippen LogP contribution < -0.4 is 10.5 Å². The SMILES string of the molecule is N[n+]1ccccc1CBr. The molecule has 9 heavy (non-hydrogen) atoms. The second-order valence-electron chi connectivity index (χ2n) is 1.73. The zero-order chi connectivity index (χ0) is 6.69. The van der Waals surface area contributed by atoms with Gasteiger partial charge in [-0.05, 0) is 6.07 Å². The van der Waals surface area contributed by atoms with Crippen LogP contribution in [-0.2, 0) is 5.33 Å². The average molecular weight is 188 g/mol. The summed E-state index contributed by atoms with van der Waals surface area (Å²) in [5.41, 5.74) is 1.07. The number of aromatic nitrogens is 1. The standard InChI is InChI=1S/C6H8BrN2/c7-5-6-3-1-2-4-9(6)8/h1-4H,5,8H2/q+1. The van der Waals surface area contributed by atoms with Crippen LogP contribution in [0, 0.1) is 0 Å². The summed E-state index contributed by atoms with van der Waals surface area (Å²) in [6.07, 6.45) is 1.82. The van der Waals surface area contributed by atoms with Gasteiger partial charge in [0, 0.05) is 12.1 Å². The Kier molecular flexibility index (Phi) is 2.05. The maximum absolute atomic E-state index is 5.52. The Morgan fingerprint density at radius 3 is 2.78 bits per heavy atom. The van der Waals surface area contributed by atoms with Crippen LogP contribution in [0.3, 0.4) is 0 Å². The third-order valence-corrected chi connectivity index (χ3v) is 1.69. The molecule has 2 nitrogen and oxygen atoms in total. The van der Waals surface area contributed by atoms with Crippen molar-refractivity contribution in [3.63, 3.8) is 0 Å². The maximum atomic E-state index is 5.52. The summed E-state index contributed by atoms with van der Waals surface area (Å²) in [5, 5.41) is 0.796. The van der Waals surface area contributed by atoms with Gasteiger partial charge < -0.3 is 0 Å². The number of nitrogen functional groups attached to an aromatic ring is 1. The van der Waals surface area contributed by atoms with Gasteiger partial charge in [-0.3, -0.25) is 0 Å². The number of nitrogens with zero attached hydrogens (tertiary/aromatic N) is 1. The molecule has 0 saturated heterocycles. The van der Waals surface area contributed by atoms with Gasteiger partial charge in [0.05, 0.1) is 5.33 Å². The maximum Gasteiger partial charge on any atom is 0.221 e. The van der Waals surface area contributed by atoms with Gasteiger partial charge in [0.1, 0.15) is 0 Å². The average Bonchev–Trinajstić information content (AvgIpc) is 1.89. The number of hydrogen-bond donors (Lipinski definition) is 1. The summed E-state index contributed by atoms with van der Waals surface area (Å²) < 4.78 is 1.59. The number of pyridine rings is 1. The van der Waals surface area contributed by atoms with Crippen LogP contribution in [0.4, 0.5) is 0 Å². The van der Waals surface area contributed by atoms with E-state index in [0.717, 1.165) is 11.0 Å². The summed E-state index contributed by atoms with van der Waals surface area (Å²) in [4.78, 5) is 0. The van der Waals surface area contributed by atoms with Gasteiger partial charge in [0.2, 0.25) is 5.69 Å². The van der Waals surface area contributed by atoms with Crippen LogP contribution in [0.15, 0.2) is 24.4 Å². The largest absolute Gasteiger partial charge is 0.221 e. The summed E-state index contributed by atoms with van der Waals surface area (Å²) in [7, 11) is 0. The van der Waals surface area contributed by atoms with Gasteiger partial charge in [-0.15, -0.1) is 0 Å². The van der Waals surface area contributed by atoms with Gasteiger partial charge >= 0.3 is 0 Å². The number of hydrogen-bond acceptors (Lipinski definition) is 1. The van der Waals surface area contributed by atoms with E-state index < -0.39 is 0 Å². The van der Waals surface area contributed by atoms with E-state index >= 15 is 0 Å². The third kappa shape index (κ3) is 1.42. The molecule has 0 aliphatic carbocycles. The lowest BCUT2D eigenvalue weighted by molar-refractivity contribution is -0.645. The van der Waals surface area contributed by atoms with Crippen molar-refractivity contribution in [3.05, 3.63) is 30.1 Å². The predicted octanol–water partition coefficient (Wildman–Crippen LogP) is 0.583. The van der Waals surface area contributed by atoms with E-state index in [2.05, 4.69) is 15.9 Å². The van der Waals surface area contributed by atoms with Gasteiger partial charge in [-0.25, -0.2) is 5.84 Å². The van der Waals surface area contributed by atoms with Crippen molar-refractivity contribution in [2.75, 3.05) is 5.84 Å². The number of rotatable bonds is 1. The molecule has 1 aromatic rings. The van der Waals surface area contributed by atoms with Crippen LogP contribution in [-0.4, -0.2) is 0 Å². The fourth-order valence-electron chi connectivity index (χ4n) is 0.604. The highest BCUT2D eigenvalue weighted by atomic mass is 79.9. The molecule has 0 spiro atoms. The minimum Gasteiger partial charge on any atom is -0.205 e. The van der Waals surface area contributed by atoms with Crippen LogP contribution >= 0.6 is 15.9 Å². The fraction of sp³-hybridized carbons (Fsp3) is 0.167. The molecular formula is C6H8BrN2+. The molecule has 0 amide bonds. The molecule has 1 rings (SSSR count). The molecule has 0 aliphatic heterocycles. The molecule has 0 aliphatic rings. The van der Waals surface area contributed by atoms with E-state index in [1.54, 1.807) is 4.68 Å². The highest BCUT2D eigenvalue weighted by molar-refractivity contribution is 9.08. The summed E-state index contributed by atoms with van der Waals surface area (Å²) >= 11 is 3.31. The second kappa shape index (κ2) is 2.82. The van der Waals surface area contributed by atoms with E-state index in [1.165, 1.54) is 0 Å². The van der Waals surface area contributed by atoms with Crippen LogP contribution in [0.1, 0.15) is 5.69 Å². The number of alkyl halides is 1. The number of nitrogens with two attached hydrogens (primary N) is 1. The Hall–Kier alpha value is -0.570. The first-order valence-electron chi connectivity index (χ1n) is 2.65. The first-order valence-corrected chi connectivity index (χ1v) is 3.77. The molecule has 3 heteroatoms. The quantitative estimate of drug-likeness (QED) is 0.390. The molecule has 0 fully saturated rings. The first kappa shape index (κ1) is 6.55. The van der Waals surface area contributed by atoms with E-state index in [4.69, 9.17) is 5.84 Å². The fourth-order valence-corrected chi connectivity index (χ4v) is 1.08. The molecule has 2 N–H and O–H groups in total. The molecule has 0 bridgehead atoms. The Morgan fingerprint density at radius 1 is 1.56 bits per heavy atom. The highest BCUT2D eigenvalue weighted by Gasteiger charge is 2.00. The zero-order valence-corrected chi connectivity index (χ0v) is 6.51. The van der Waals surface area contributed by atoms with Gasteiger partial charge in [0.25, 0.3) is 0 Å². The monoisotopic (exact) mass is 187 g/mol. The van der Waals surface area contributed by atoms with E-state index in [9.17, 15) is 0 Å². The third-order valence-electron chi connectivity index (χ3n) is 1.11. The Bertz CT molecular complexity index is 200. The van der Waals surface area contributed by atoms with Crippen molar-refractivity contribution >= 4 is 15.9 Å². The van der Waals surface area contributed by atoms with Crippen LogP contribution in [0.2, 0.25) is 0 Å². The molecule has 0 radical (unpaired) electrons. The van der Waals surface area contributed by atoms with Gasteiger partial charge in [0.15, 0.2) is 6.20 Å². The number of halogens is 1. The molecule has 0 unspecified atom stereocenters. The Labute approximate surface area is 62.4 Å². The van der Waals surface area contributed by atoms with Crippen molar-refractivity contribution in [2.45, 2.75) is 5.33 Å². The lowest BCUT2D eigenvalue weighted by Crippen LogP contribution is -2.47. The van der Waals surface area contributed by atoms with Gasteiger partial charge in [-0.1, -0.05) is 20.6 Å². The Balaban J connectivity index is 3.01. The van der Waals surface area contributed by atoms with Crippen molar-refractivity contribution in [1.82, 2.24) is 0 Å². The highest BCUT2D eigenvalue weighted by Crippen LogP contribution is 1.95. The van der Waals surface area contributed by atoms with E-state index in [-0.39, 0.29) is 0 Å². The molecule has 0 atom stereocenters. The molecule has 0 aromatic carbocycles. The minimum atomic E-state index is 0.796. The van der Waals surface area contributed by atoms with E-state index in [1.807, 2.05) is 24.4 Å². The topological polar surface area (TPSA) is 29.9 Å². The van der Waals surface area contributed by atoms with Crippen molar-refractivity contribution < 1.29 is 4.68 Å².